The highest BCUT2D eigenvalue weighted by atomic mass is 28.2. The van der Waals surface area contributed by atoms with Gasteiger partial charge in [-0.25, -0.2) is 8.78 Å². The van der Waals surface area contributed by atoms with Gasteiger partial charge >= 0.3 is 0 Å². The lowest BCUT2D eigenvalue weighted by molar-refractivity contribution is -0.114. The minimum absolute atomic E-state index is 0.0639. The van der Waals surface area contributed by atoms with E-state index in [0.29, 0.717) is 11.4 Å². The Bertz CT molecular complexity index is 880. The molecule has 0 atom stereocenters. The van der Waals surface area contributed by atoms with Gasteiger partial charge < -0.3 is 15.1 Å². The summed E-state index contributed by atoms with van der Waals surface area (Å²) in [5.74, 6) is -2.16. The van der Waals surface area contributed by atoms with Crippen LogP contribution in [-0.4, -0.2) is 22.2 Å². The maximum atomic E-state index is 13.3. The fourth-order valence-electron chi connectivity index (χ4n) is 2.88. The first-order chi connectivity index (χ1) is 13.4. The molecule has 0 heterocycles. The zero-order valence-corrected chi connectivity index (χ0v) is 19.4. The topological polar surface area (TPSA) is 50.4 Å². The summed E-state index contributed by atoms with van der Waals surface area (Å²) >= 11 is 0. The van der Waals surface area contributed by atoms with E-state index in [9.17, 15) is 13.6 Å². The van der Waals surface area contributed by atoms with Crippen molar-refractivity contribution >= 4 is 27.0 Å². The smallest absolute Gasteiger partial charge is 0.243 e. The van der Waals surface area contributed by atoms with E-state index < -0.39 is 27.0 Å². The molecule has 0 aliphatic carbocycles. The maximum Gasteiger partial charge on any atom is 0.243 e. The molecule has 2 N–H and O–H groups in total. The molecule has 1 amide bonds. The summed E-state index contributed by atoms with van der Waals surface area (Å²) in [6.45, 7) is 12.5. The van der Waals surface area contributed by atoms with E-state index in [-0.39, 0.29) is 17.5 Å². The molecule has 158 valence electrons. The largest absolute Gasteiger partial charge is 0.415 e. The minimum Gasteiger partial charge on any atom is -0.415 e. The van der Waals surface area contributed by atoms with E-state index in [2.05, 4.69) is 31.4 Å². The number of rotatable bonds is 7. The van der Waals surface area contributed by atoms with E-state index in [0.717, 1.165) is 23.3 Å². The molecular formula is C22H30F2N2O2Si. The molecule has 0 fully saturated rings. The van der Waals surface area contributed by atoms with Gasteiger partial charge in [-0.2, -0.15) is 0 Å². The van der Waals surface area contributed by atoms with Crippen molar-refractivity contribution in [1.29, 1.82) is 0 Å². The van der Waals surface area contributed by atoms with Crippen molar-refractivity contribution in [3.8, 4) is 0 Å². The Labute approximate surface area is 174 Å². The lowest BCUT2D eigenvalue weighted by Gasteiger charge is -2.32. The lowest BCUT2D eigenvalue weighted by Crippen LogP contribution is -2.29. The van der Waals surface area contributed by atoms with Crippen LogP contribution in [0, 0.1) is 18.6 Å². The highest BCUT2D eigenvalue weighted by molar-refractivity contribution is 6.31. The van der Waals surface area contributed by atoms with Gasteiger partial charge in [-0.1, -0.05) is 32.9 Å². The number of benzene rings is 2. The number of anilines is 2. The molecule has 7 heteroatoms. The molecule has 0 bridgehead atoms. The highest BCUT2D eigenvalue weighted by Crippen LogP contribution is 2.33. The summed E-state index contributed by atoms with van der Waals surface area (Å²) in [5.41, 5.74) is 2.57. The van der Waals surface area contributed by atoms with Crippen LogP contribution in [0.15, 0.2) is 36.4 Å². The quantitative estimate of drug-likeness (QED) is 0.628. The van der Waals surface area contributed by atoms with Crippen LogP contribution in [0.5, 0.6) is 0 Å². The van der Waals surface area contributed by atoms with Gasteiger partial charge in [0.1, 0.15) is 0 Å². The van der Waals surface area contributed by atoms with Crippen molar-refractivity contribution < 1.29 is 18.0 Å². The van der Waals surface area contributed by atoms with E-state index in [1.165, 1.54) is 6.07 Å². The van der Waals surface area contributed by atoms with Gasteiger partial charge in [-0.3, -0.25) is 4.79 Å². The fourth-order valence-corrected chi connectivity index (χ4v) is 3.83. The molecule has 29 heavy (non-hydrogen) atoms. The standard InChI is InChI=1S/C22H30F2N2O2Si/c1-14-16(22(5,6)28-29-21(2,3)4)8-7-9-19(14)26-20(27)13-25-15-10-11-17(23)18(24)12-15/h7-12,25H,13,29H2,1-6H3,(H,26,27). The van der Waals surface area contributed by atoms with Gasteiger partial charge in [0.2, 0.25) is 5.91 Å². The third-order valence-corrected chi connectivity index (χ3v) is 6.23. The summed E-state index contributed by atoms with van der Waals surface area (Å²) in [5, 5.41) is 5.86. The number of halogens is 2. The number of amides is 1. The Morgan fingerprint density at radius 3 is 2.38 bits per heavy atom. The summed E-state index contributed by atoms with van der Waals surface area (Å²) in [6.07, 6.45) is 0. The van der Waals surface area contributed by atoms with Gasteiger partial charge in [0.05, 0.1) is 12.1 Å². The second-order valence-electron chi connectivity index (χ2n) is 8.87. The molecule has 0 aromatic heterocycles. The van der Waals surface area contributed by atoms with Gasteiger partial charge in [-0.05, 0) is 55.1 Å². The minimum atomic E-state index is -0.958. The van der Waals surface area contributed by atoms with Crippen LogP contribution in [-0.2, 0) is 14.8 Å². The van der Waals surface area contributed by atoms with Crippen LogP contribution in [0.25, 0.3) is 0 Å². The average Bonchev–Trinajstić information content (AvgIpc) is 2.62. The predicted octanol–water partition coefficient (Wildman–Crippen LogP) is 4.88. The molecule has 2 aromatic rings. The van der Waals surface area contributed by atoms with Gasteiger partial charge in [0.15, 0.2) is 21.4 Å². The molecule has 2 rings (SSSR count). The first kappa shape index (κ1) is 23.0. The summed E-state index contributed by atoms with van der Waals surface area (Å²) < 4.78 is 32.6. The zero-order valence-electron chi connectivity index (χ0n) is 18.0. The van der Waals surface area contributed by atoms with Gasteiger partial charge in [0, 0.05) is 17.4 Å². The second kappa shape index (κ2) is 9.05. The van der Waals surface area contributed by atoms with Crippen molar-refractivity contribution in [3.63, 3.8) is 0 Å². The van der Waals surface area contributed by atoms with Crippen LogP contribution >= 0.6 is 0 Å². The molecule has 0 aliphatic heterocycles. The van der Waals surface area contributed by atoms with Crippen molar-refractivity contribution in [2.75, 3.05) is 17.2 Å². The van der Waals surface area contributed by atoms with E-state index in [1.54, 1.807) is 0 Å². The molecular weight excluding hydrogens is 390 g/mol. The maximum absolute atomic E-state index is 13.3. The van der Waals surface area contributed by atoms with Crippen molar-refractivity contribution in [2.45, 2.75) is 52.2 Å². The Morgan fingerprint density at radius 2 is 1.76 bits per heavy atom. The summed E-state index contributed by atoms with van der Waals surface area (Å²) in [4.78, 5) is 12.3. The second-order valence-corrected chi connectivity index (χ2v) is 11.6. The zero-order chi connectivity index (χ0) is 21.8. The van der Waals surface area contributed by atoms with Crippen LogP contribution in [0.3, 0.4) is 0 Å². The van der Waals surface area contributed by atoms with Crippen LogP contribution < -0.4 is 10.6 Å². The Balaban J connectivity index is 2.06. The number of nitrogens with one attached hydrogen (secondary N) is 2. The third kappa shape index (κ3) is 6.64. The highest BCUT2D eigenvalue weighted by Gasteiger charge is 2.26. The van der Waals surface area contributed by atoms with E-state index >= 15 is 0 Å². The van der Waals surface area contributed by atoms with Crippen molar-refractivity contribution in [1.82, 2.24) is 0 Å². The SMILES string of the molecule is Cc1c(NC(=O)CNc2ccc(F)c(F)c2)cccc1C(C)(C)O[SiH2]C(C)(C)C. The Morgan fingerprint density at radius 1 is 1.07 bits per heavy atom. The summed E-state index contributed by atoms with van der Waals surface area (Å²) in [6, 6.07) is 9.17. The van der Waals surface area contributed by atoms with E-state index in [4.69, 9.17) is 4.43 Å². The van der Waals surface area contributed by atoms with Gasteiger partial charge in [-0.15, -0.1) is 0 Å². The molecule has 0 saturated heterocycles. The molecule has 4 nitrogen and oxygen atoms in total. The van der Waals surface area contributed by atoms with Gasteiger partial charge in [0.25, 0.3) is 0 Å². The van der Waals surface area contributed by atoms with Crippen molar-refractivity contribution in [2.24, 2.45) is 0 Å². The van der Waals surface area contributed by atoms with Crippen LogP contribution in [0.2, 0.25) is 5.04 Å². The molecule has 0 unspecified atom stereocenters. The number of carbonyl (C=O) groups is 1. The molecule has 0 aliphatic rings. The lowest BCUT2D eigenvalue weighted by atomic mass is 9.93. The predicted molar refractivity (Wildman–Crippen MR) is 117 cm³/mol. The molecule has 0 spiro atoms. The number of hydrogen-bond acceptors (Lipinski definition) is 3. The Kier molecular flexibility index (Phi) is 7.18. The number of hydrogen-bond donors (Lipinski definition) is 2. The number of carbonyl (C=O) groups excluding carboxylic acids is 1. The fraction of sp³-hybridized carbons (Fsp3) is 0.409. The molecule has 0 saturated carbocycles. The van der Waals surface area contributed by atoms with Crippen molar-refractivity contribution in [3.05, 3.63) is 59.2 Å². The molecule has 2 aromatic carbocycles. The summed E-state index contributed by atoms with van der Waals surface area (Å²) in [7, 11) is -0.747. The Hall–Kier alpha value is -2.25. The first-order valence-electron chi connectivity index (χ1n) is 9.62. The van der Waals surface area contributed by atoms with Crippen LogP contribution in [0.1, 0.15) is 45.7 Å². The molecule has 0 radical (unpaired) electrons. The third-order valence-electron chi connectivity index (χ3n) is 4.50. The first-order valence-corrected chi connectivity index (χ1v) is 10.9. The van der Waals surface area contributed by atoms with E-state index in [1.807, 2.05) is 39.0 Å². The normalized spacial score (nSPS) is 12.4. The monoisotopic (exact) mass is 420 g/mol. The average molecular weight is 421 g/mol. The van der Waals surface area contributed by atoms with Crippen LogP contribution in [0.4, 0.5) is 20.2 Å².